The number of amides is 1. The molecule has 0 aliphatic heterocycles. The fourth-order valence-corrected chi connectivity index (χ4v) is 3.74. The van der Waals surface area contributed by atoms with E-state index in [2.05, 4.69) is 27.9 Å². The Labute approximate surface area is 150 Å². The van der Waals surface area contributed by atoms with E-state index in [9.17, 15) is 14.7 Å². The number of hydrogen-bond donors (Lipinski definition) is 3. The highest BCUT2D eigenvalue weighted by molar-refractivity contribution is 14.1. The summed E-state index contributed by atoms with van der Waals surface area (Å²) < 4.78 is 1.42. The van der Waals surface area contributed by atoms with E-state index in [4.69, 9.17) is 5.11 Å². The van der Waals surface area contributed by atoms with Crippen LogP contribution in [-0.2, 0) is 4.79 Å². The van der Waals surface area contributed by atoms with E-state index in [1.165, 1.54) is 0 Å². The summed E-state index contributed by atoms with van der Waals surface area (Å²) in [6, 6.07) is 3.33. The molecule has 5 nitrogen and oxygen atoms in total. The molecule has 1 atom stereocenters. The van der Waals surface area contributed by atoms with E-state index in [1.807, 2.05) is 36.4 Å². The summed E-state index contributed by atoms with van der Waals surface area (Å²) in [6.07, 6.45) is 0.492. The number of aliphatic carboxylic acids is 1. The van der Waals surface area contributed by atoms with Crippen molar-refractivity contribution in [3.8, 4) is 5.75 Å². The van der Waals surface area contributed by atoms with Gasteiger partial charge in [-0.05, 0) is 69.7 Å². The van der Waals surface area contributed by atoms with Crippen molar-refractivity contribution in [3.63, 3.8) is 0 Å². The predicted octanol–water partition coefficient (Wildman–Crippen LogP) is 3.08. The van der Waals surface area contributed by atoms with Gasteiger partial charge in [0.05, 0.1) is 15.1 Å². The van der Waals surface area contributed by atoms with Crippen LogP contribution in [0.15, 0.2) is 12.1 Å². The zero-order valence-corrected chi connectivity index (χ0v) is 16.0. The minimum Gasteiger partial charge on any atom is -0.506 e. The Kier molecular flexibility index (Phi) is 7.17. The zero-order chi connectivity index (χ0) is 16.2. The second kappa shape index (κ2) is 8.16. The smallest absolute Gasteiger partial charge is 0.308 e. The molecule has 0 bridgehead atoms. The Morgan fingerprint density at radius 2 is 1.90 bits per heavy atom. The molecule has 0 saturated heterocycles. The van der Waals surface area contributed by atoms with Gasteiger partial charge >= 0.3 is 5.97 Å². The molecule has 1 aromatic carbocycles. The van der Waals surface area contributed by atoms with Crippen molar-refractivity contribution in [1.82, 2.24) is 5.32 Å². The maximum absolute atomic E-state index is 12.1. The number of halogens is 2. The first kappa shape index (κ1) is 18.5. The highest BCUT2D eigenvalue weighted by atomic mass is 127. The minimum absolute atomic E-state index is 0.0494. The molecule has 7 heteroatoms. The highest BCUT2D eigenvalue weighted by Crippen LogP contribution is 2.27. The third kappa shape index (κ3) is 5.61. The standard InChI is InChI=1S/C14H17I2NO4/c1-7(2)3-8(14(20)21)6-17-13(19)10-4-9(15)5-11(16)12(10)18/h4-5,7-8,18H,3,6H2,1-2H3,(H,17,19)(H,20,21). The summed E-state index contributed by atoms with van der Waals surface area (Å²) in [6.45, 7) is 3.92. The molecule has 1 aromatic rings. The van der Waals surface area contributed by atoms with Crippen molar-refractivity contribution in [2.45, 2.75) is 20.3 Å². The molecule has 0 aliphatic rings. The number of nitrogens with one attached hydrogen (secondary N) is 1. The van der Waals surface area contributed by atoms with Crippen LogP contribution in [0.5, 0.6) is 5.75 Å². The molecule has 0 aromatic heterocycles. The fourth-order valence-electron chi connectivity index (χ4n) is 1.89. The van der Waals surface area contributed by atoms with Gasteiger partial charge in [0, 0.05) is 10.1 Å². The Bertz CT molecular complexity index is 546. The van der Waals surface area contributed by atoms with E-state index in [0.29, 0.717) is 9.99 Å². The molecule has 0 heterocycles. The number of carboxylic acids is 1. The Morgan fingerprint density at radius 1 is 1.29 bits per heavy atom. The SMILES string of the molecule is CC(C)CC(CNC(=O)c1cc(I)cc(I)c1O)C(=O)O. The number of hydrogen-bond acceptors (Lipinski definition) is 3. The lowest BCUT2D eigenvalue weighted by molar-refractivity contribution is -0.142. The molecule has 21 heavy (non-hydrogen) atoms. The quantitative estimate of drug-likeness (QED) is 0.507. The number of phenolic OH excluding ortho intramolecular Hbond substituents is 1. The lowest BCUT2D eigenvalue weighted by atomic mass is 9.97. The van der Waals surface area contributed by atoms with Crippen LogP contribution in [0.3, 0.4) is 0 Å². The first-order valence-corrected chi connectivity index (χ1v) is 8.57. The summed E-state index contributed by atoms with van der Waals surface area (Å²) in [5.74, 6) is -1.86. The molecular formula is C14H17I2NO4. The molecule has 3 N–H and O–H groups in total. The lowest BCUT2D eigenvalue weighted by Crippen LogP contribution is -2.33. The van der Waals surface area contributed by atoms with E-state index in [-0.39, 0.29) is 23.8 Å². The van der Waals surface area contributed by atoms with Crippen molar-refractivity contribution in [2.75, 3.05) is 6.54 Å². The van der Waals surface area contributed by atoms with E-state index in [0.717, 1.165) is 3.57 Å². The third-order valence-corrected chi connectivity index (χ3v) is 4.33. The average molecular weight is 517 g/mol. The zero-order valence-electron chi connectivity index (χ0n) is 11.7. The molecule has 0 aliphatic carbocycles. The van der Waals surface area contributed by atoms with Crippen LogP contribution in [0, 0.1) is 19.0 Å². The second-order valence-corrected chi connectivity index (χ2v) is 7.57. The van der Waals surface area contributed by atoms with Crippen LogP contribution in [0.2, 0.25) is 0 Å². The minimum atomic E-state index is -0.926. The van der Waals surface area contributed by atoms with Crippen molar-refractivity contribution in [1.29, 1.82) is 0 Å². The number of benzene rings is 1. The summed E-state index contributed by atoms with van der Waals surface area (Å²) in [5, 5.41) is 21.7. The van der Waals surface area contributed by atoms with Crippen LogP contribution < -0.4 is 5.32 Å². The molecule has 0 saturated carbocycles. The van der Waals surface area contributed by atoms with Gasteiger partial charge in [-0.2, -0.15) is 0 Å². The number of carbonyl (C=O) groups is 2. The molecule has 0 spiro atoms. The third-order valence-electron chi connectivity index (χ3n) is 2.89. The summed E-state index contributed by atoms with van der Waals surface area (Å²) in [5.41, 5.74) is 0.167. The van der Waals surface area contributed by atoms with Crippen LogP contribution in [0.1, 0.15) is 30.6 Å². The Balaban J connectivity index is 2.79. The molecule has 116 valence electrons. The average Bonchev–Trinajstić information content (AvgIpc) is 2.37. The van der Waals surface area contributed by atoms with Gasteiger partial charge < -0.3 is 15.5 Å². The van der Waals surface area contributed by atoms with Crippen molar-refractivity contribution in [2.24, 2.45) is 11.8 Å². The summed E-state index contributed by atoms with van der Waals surface area (Å²) in [4.78, 5) is 23.3. The van der Waals surface area contributed by atoms with Crippen molar-refractivity contribution >= 4 is 57.1 Å². The first-order valence-electron chi connectivity index (χ1n) is 6.41. The van der Waals surface area contributed by atoms with Gasteiger partial charge in [-0.15, -0.1) is 0 Å². The van der Waals surface area contributed by atoms with E-state index in [1.54, 1.807) is 12.1 Å². The number of carbonyl (C=O) groups excluding carboxylic acids is 1. The van der Waals surface area contributed by atoms with E-state index < -0.39 is 17.8 Å². The number of carboxylic acid groups (broad SMARTS) is 1. The summed E-state index contributed by atoms with van der Waals surface area (Å²) >= 11 is 4.01. The monoisotopic (exact) mass is 517 g/mol. The predicted molar refractivity (Wildman–Crippen MR) is 96.5 cm³/mol. The van der Waals surface area contributed by atoms with Crippen LogP contribution in [0.4, 0.5) is 0 Å². The number of rotatable bonds is 6. The highest BCUT2D eigenvalue weighted by Gasteiger charge is 2.21. The maximum atomic E-state index is 12.1. The number of aromatic hydroxyl groups is 1. The van der Waals surface area contributed by atoms with Crippen LogP contribution in [-0.4, -0.2) is 28.6 Å². The molecule has 1 rings (SSSR count). The molecule has 0 fully saturated rings. The van der Waals surface area contributed by atoms with Gasteiger partial charge in [-0.3, -0.25) is 9.59 Å². The molecule has 0 radical (unpaired) electrons. The first-order chi connectivity index (χ1) is 9.72. The second-order valence-electron chi connectivity index (χ2n) is 5.16. The summed E-state index contributed by atoms with van der Waals surface area (Å²) in [7, 11) is 0. The van der Waals surface area contributed by atoms with Crippen molar-refractivity contribution < 1.29 is 19.8 Å². The fraction of sp³-hybridized carbons (Fsp3) is 0.429. The van der Waals surface area contributed by atoms with Crippen LogP contribution in [0.25, 0.3) is 0 Å². The van der Waals surface area contributed by atoms with E-state index >= 15 is 0 Å². The Morgan fingerprint density at radius 3 is 2.43 bits per heavy atom. The lowest BCUT2D eigenvalue weighted by Gasteiger charge is -2.16. The maximum Gasteiger partial charge on any atom is 0.308 e. The molecule has 1 unspecified atom stereocenters. The molecule has 1 amide bonds. The van der Waals surface area contributed by atoms with Gasteiger partial charge in [0.1, 0.15) is 5.75 Å². The normalized spacial score (nSPS) is 12.2. The van der Waals surface area contributed by atoms with Crippen LogP contribution >= 0.6 is 45.2 Å². The largest absolute Gasteiger partial charge is 0.506 e. The Hall–Kier alpha value is -0.580. The van der Waals surface area contributed by atoms with Crippen molar-refractivity contribution in [3.05, 3.63) is 24.8 Å². The van der Waals surface area contributed by atoms with Gasteiger partial charge in [-0.1, -0.05) is 13.8 Å². The number of phenols is 1. The van der Waals surface area contributed by atoms with Gasteiger partial charge in [0.2, 0.25) is 0 Å². The van der Waals surface area contributed by atoms with Gasteiger partial charge in [0.25, 0.3) is 5.91 Å². The molecular weight excluding hydrogens is 500 g/mol. The van der Waals surface area contributed by atoms with Gasteiger partial charge in [0.15, 0.2) is 0 Å². The van der Waals surface area contributed by atoms with Gasteiger partial charge in [-0.25, -0.2) is 0 Å². The topological polar surface area (TPSA) is 86.6 Å².